The zero-order chi connectivity index (χ0) is 13.7. The molecule has 1 aromatic rings. The van der Waals surface area contributed by atoms with E-state index < -0.39 is 0 Å². The molecule has 2 heteroatoms. The van der Waals surface area contributed by atoms with Crippen LogP contribution in [0.2, 0.25) is 0 Å². The fourth-order valence-electron chi connectivity index (χ4n) is 2.23. The standard InChI is InChI=1S/C16H27NO/c1-6-16(18)14-9-7-8-10-15(14)17(13(4)5)11-12(2)3/h7-10,12-13,16,18H,6,11H2,1-5H3/t16-/m1/s1. The normalized spacial score (nSPS) is 13.1. The van der Waals surface area contributed by atoms with Gasteiger partial charge in [0.05, 0.1) is 6.10 Å². The largest absolute Gasteiger partial charge is 0.388 e. The highest BCUT2D eigenvalue weighted by atomic mass is 16.3. The molecular weight excluding hydrogens is 222 g/mol. The van der Waals surface area contributed by atoms with E-state index in [1.54, 1.807) is 0 Å². The van der Waals surface area contributed by atoms with E-state index in [-0.39, 0.29) is 6.10 Å². The van der Waals surface area contributed by atoms with E-state index in [4.69, 9.17) is 0 Å². The molecule has 0 heterocycles. The van der Waals surface area contributed by atoms with Gasteiger partial charge in [0.2, 0.25) is 0 Å². The summed E-state index contributed by atoms with van der Waals surface area (Å²) in [5.41, 5.74) is 2.23. The van der Waals surface area contributed by atoms with Crippen LogP contribution < -0.4 is 4.90 Å². The van der Waals surface area contributed by atoms with Gasteiger partial charge in [-0.1, -0.05) is 39.0 Å². The number of aliphatic hydroxyl groups is 1. The minimum absolute atomic E-state index is 0.366. The third kappa shape index (κ3) is 3.74. The molecule has 0 radical (unpaired) electrons. The van der Waals surface area contributed by atoms with E-state index in [9.17, 15) is 5.11 Å². The van der Waals surface area contributed by atoms with Gasteiger partial charge < -0.3 is 10.0 Å². The Labute approximate surface area is 112 Å². The SMILES string of the molecule is CC[C@@H](O)c1ccccc1N(CC(C)C)C(C)C. The van der Waals surface area contributed by atoms with Gasteiger partial charge in [-0.15, -0.1) is 0 Å². The van der Waals surface area contributed by atoms with E-state index in [1.807, 2.05) is 19.1 Å². The first-order valence-electron chi connectivity index (χ1n) is 7.01. The van der Waals surface area contributed by atoms with Crippen molar-refractivity contribution in [1.82, 2.24) is 0 Å². The molecule has 1 aromatic carbocycles. The van der Waals surface area contributed by atoms with Crippen LogP contribution in [0.3, 0.4) is 0 Å². The Morgan fingerprint density at radius 3 is 2.22 bits per heavy atom. The molecule has 2 nitrogen and oxygen atoms in total. The van der Waals surface area contributed by atoms with Crippen molar-refractivity contribution in [2.24, 2.45) is 5.92 Å². The highest BCUT2D eigenvalue weighted by Crippen LogP contribution is 2.29. The lowest BCUT2D eigenvalue weighted by Gasteiger charge is -2.33. The molecule has 0 amide bonds. The molecule has 0 aliphatic heterocycles. The predicted octanol–water partition coefficient (Wildman–Crippen LogP) is 4.00. The van der Waals surface area contributed by atoms with Gasteiger partial charge in [0.15, 0.2) is 0 Å². The van der Waals surface area contributed by atoms with Gasteiger partial charge in [0.1, 0.15) is 0 Å². The molecule has 0 aromatic heterocycles. The minimum Gasteiger partial charge on any atom is -0.388 e. The predicted molar refractivity (Wildman–Crippen MR) is 79.0 cm³/mol. The molecular formula is C16H27NO. The lowest BCUT2D eigenvalue weighted by atomic mass is 10.0. The Bertz CT molecular complexity index is 360. The Morgan fingerprint density at radius 2 is 1.72 bits per heavy atom. The van der Waals surface area contributed by atoms with Crippen molar-refractivity contribution in [2.45, 2.75) is 53.2 Å². The number of hydrogen-bond donors (Lipinski definition) is 1. The molecule has 1 atom stereocenters. The Hall–Kier alpha value is -1.02. The average Bonchev–Trinajstić information content (AvgIpc) is 2.34. The fraction of sp³-hybridized carbons (Fsp3) is 0.625. The zero-order valence-corrected chi connectivity index (χ0v) is 12.4. The van der Waals surface area contributed by atoms with Crippen molar-refractivity contribution in [2.75, 3.05) is 11.4 Å². The lowest BCUT2D eigenvalue weighted by molar-refractivity contribution is 0.174. The van der Waals surface area contributed by atoms with E-state index in [2.05, 4.69) is 44.7 Å². The summed E-state index contributed by atoms with van der Waals surface area (Å²) in [4.78, 5) is 2.39. The van der Waals surface area contributed by atoms with Gasteiger partial charge in [-0.3, -0.25) is 0 Å². The molecule has 0 saturated heterocycles. The fourth-order valence-corrected chi connectivity index (χ4v) is 2.23. The first-order chi connectivity index (χ1) is 8.47. The van der Waals surface area contributed by atoms with Crippen LogP contribution in [0.25, 0.3) is 0 Å². The maximum atomic E-state index is 10.1. The zero-order valence-electron chi connectivity index (χ0n) is 12.4. The summed E-state index contributed by atoms with van der Waals surface area (Å²) < 4.78 is 0. The average molecular weight is 249 g/mol. The van der Waals surface area contributed by atoms with Crippen LogP contribution >= 0.6 is 0 Å². The second kappa shape index (κ2) is 6.79. The van der Waals surface area contributed by atoms with Crippen LogP contribution in [0.15, 0.2) is 24.3 Å². The molecule has 0 bridgehead atoms. The van der Waals surface area contributed by atoms with Crippen molar-refractivity contribution in [3.8, 4) is 0 Å². The molecule has 0 saturated carbocycles. The first kappa shape index (κ1) is 15.0. The van der Waals surface area contributed by atoms with Gasteiger partial charge in [-0.05, 0) is 32.3 Å². The molecule has 0 aliphatic carbocycles. The molecule has 1 rings (SSSR count). The number of aliphatic hydroxyl groups excluding tert-OH is 1. The van der Waals surface area contributed by atoms with Crippen LogP contribution in [0, 0.1) is 5.92 Å². The smallest absolute Gasteiger partial charge is 0.0807 e. The molecule has 1 N–H and O–H groups in total. The number of nitrogens with zero attached hydrogens (tertiary/aromatic N) is 1. The second-order valence-electron chi connectivity index (χ2n) is 5.62. The minimum atomic E-state index is -0.366. The Kier molecular flexibility index (Phi) is 5.67. The summed E-state index contributed by atoms with van der Waals surface area (Å²) in [6.45, 7) is 11.9. The van der Waals surface area contributed by atoms with Crippen LogP contribution in [0.5, 0.6) is 0 Å². The monoisotopic (exact) mass is 249 g/mol. The van der Waals surface area contributed by atoms with Gasteiger partial charge in [0.25, 0.3) is 0 Å². The third-order valence-corrected chi connectivity index (χ3v) is 3.18. The van der Waals surface area contributed by atoms with Crippen LogP contribution in [-0.2, 0) is 0 Å². The number of anilines is 1. The van der Waals surface area contributed by atoms with Crippen LogP contribution in [0.4, 0.5) is 5.69 Å². The van der Waals surface area contributed by atoms with Crippen molar-refractivity contribution in [3.05, 3.63) is 29.8 Å². The summed E-state index contributed by atoms with van der Waals surface area (Å²) in [5, 5.41) is 10.1. The van der Waals surface area contributed by atoms with Crippen LogP contribution in [0.1, 0.15) is 52.7 Å². The van der Waals surface area contributed by atoms with Crippen molar-refractivity contribution >= 4 is 5.69 Å². The summed E-state index contributed by atoms with van der Waals surface area (Å²) in [5.74, 6) is 0.610. The summed E-state index contributed by atoms with van der Waals surface area (Å²) >= 11 is 0. The van der Waals surface area contributed by atoms with Gasteiger partial charge in [-0.25, -0.2) is 0 Å². The van der Waals surface area contributed by atoms with Gasteiger partial charge in [-0.2, -0.15) is 0 Å². The Balaban J connectivity index is 3.11. The topological polar surface area (TPSA) is 23.5 Å². The first-order valence-corrected chi connectivity index (χ1v) is 7.01. The summed E-state index contributed by atoms with van der Waals surface area (Å²) in [6.07, 6.45) is 0.388. The molecule has 102 valence electrons. The summed E-state index contributed by atoms with van der Waals surface area (Å²) in [6, 6.07) is 8.66. The van der Waals surface area contributed by atoms with E-state index in [0.29, 0.717) is 12.0 Å². The van der Waals surface area contributed by atoms with Crippen molar-refractivity contribution < 1.29 is 5.11 Å². The van der Waals surface area contributed by atoms with Gasteiger partial charge >= 0.3 is 0 Å². The van der Waals surface area contributed by atoms with E-state index in [0.717, 1.165) is 18.5 Å². The Morgan fingerprint density at radius 1 is 1.11 bits per heavy atom. The molecule has 18 heavy (non-hydrogen) atoms. The maximum absolute atomic E-state index is 10.1. The van der Waals surface area contributed by atoms with Crippen molar-refractivity contribution in [1.29, 1.82) is 0 Å². The highest BCUT2D eigenvalue weighted by Gasteiger charge is 2.18. The molecule has 0 fully saturated rings. The van der Waals surface area contributed by atoms with E-state index in [1.165, 1.54) is 5.69 Å². The molecule has 0 spiro atoms. The van der Waals surface area contributed by atoms with Gasteiger partial charge in [0, 0.05) is 23.8 Å². The number of para-hydroxylation sites is 1. The quantitative estimate of drug-likeness (QED) is 0.823. The lowest BCUT2D eigenvalue weighted by Crippen LogP contribution is -2.35. The second-order valence-corrected chi connectivity index (χ2v) is 5.62. The molecule has 0 unspecified atom stereocenters. The number of benzene rings is 1. The van der Waals surface area contributed by atoms with Crippen LogP contribution in [-0.4, -0.2) is 17.7 Å². The number of hydrogen-bond acceptors (Lipinski definition) is 2. The molecule has 0 aliphatic rings. The van der Waals surface area contributed by atoms with Crippen molar-refractivity contribution in [3.63, 3.8) is 0 Å². The maximum Gasteiger partial charge on any atom is 0.0807 e. The van der Waals surface area contributed by atoms with E-state index >= 15 is 0 Å². The highest BCUT2D eigenvalue weighted by molar-refractivity contribution is 5.55. The third-order valence-electron chi connectivity index (χ3n) is 3.18. The summed E-state index contributed by atoms with van der Waals surface area (Å²) in [7, 11) is 0. The number of rotatable bonds is 6.